The molecule has 426 valence electrons. The Morgan fingerprint density at radius 3 is 0.813 bits per heavy atom. The van der Waals surface area contributed by atoms with Gasteiger partial charge in [-0.05, 0) is 109 Å². The van der Waals surface area contributed by atoms with Gasteiger partial charge in [-0.2, -0.15) is 0 Å². The average molecular weight is 1040 g/mol. The van der Waals surface area contributed by atoms with E-state index in [-0.39, 0.29) is 31.1 Å². The molecule has 0 fully saturated rings. The van der Waals surface area contributed by atoms with Gasteiger partial charge in [0.1, 0.15) is 13.2 Å². The third-order valence-corrected chi connectivity index (χ3v) is 13.0. The number of unbranched alkanes of at least 4 members (excludes halogenated alkanes) is 24. The first-order valence-corrected chi connectivity index (χ1v) is 31.0. The van der Waals surface area contributed by atoms with Gasteiger partial charge in [0.15, 0.2) is 6.10 Å². The normalized spacial score (nSPS) is 12.9. The van der Waals surface area contributed by atoms with Crippen molar-refractivity contribution in [2.75, 3.05) is 13.2 Å². The summed E-state index contributed by atoms with van der Waals surface area (Å²) in [5.41, 5.74) is 0. The predicted octanol–water partition coefficient (Wildman–Crippen LogP) is 21.2. The zero-order valence-corrected chi connectivity index (χ0v) is 48.8. The fourth-order valence-electron chi connectivity index (χ4n) is 8.38. The maximum Gasteiger partial charge on any atom is 0.306 e. The molecule has 0 saturated heterocycles. The Morgan fingerprint density at radius 1 is 0.280 bits per heavy atom. The van der Waals surface area contributed by atoms with Crippen LogP contribution in [0, 0.1) is 0 Å². The molecule has 0 heterocycles. The quantitative estimate of drug-likeness (QED) is 0.0261. The van der Waals surface area contributed by atoms with Gasteiger partial charge in [-0.3, -0.25) is 14.4 Å². The van der Waals surface area contributed by atoms with Crippen LogP contribution in [0.3, 0.4) is 0 Å². The van der Waals surface area contributed by atoms with Crippen molar-refractivity contribution in [3.8, 4) is 0 Å². The van der Waals surface area contributed by atoms with Crippen LogP contribution in [0.1, 0.15) is 278 Å². The third kappa shape index (κ3) is 60.6. The number of allylic oxidation sites excluding steroid dienone is 20. The van der Waals surface area contributed by atoms with Crippen molar-refractivity contribution >= 4 is 17.9 Å². The van der Waals surface area contributed by atoms with E-state index in [4.69, 9.17) is 14.2 Å². The van der Waals surface area contributed by atoms with E-state index in [1.54, 1.807) is 0 Å². The highest BCUT2D eigenvalue weighted by atomic mass is 16.6. The summed E-state index contributed by atoms with van der Waals surface area (Å²) in [4.78, 5) is 37.9. The molecule has 0 aliphatic rings. The molecule has 0 aromatic heterocycles. The highest BCUT2D eigenvalue weighted by Crippen LogP contribution is 2.15. The number of carbonyl (C=O) groups is 3. The number of hydrogen-bond donors (Lipinski definition) is 0. The first-order valence-electron chi connectivity index (χ1n) is 31.0. The van der Waals surface area contributed by atoms with E-state index >= 15 is 0 Å². The van der Waals surface area contributed by atoms with Crippen LogP contribution in [-0.4, -0.2) is 37.2 Å². The molecule has 0 bridgehead atoms. The minimum Gasteiger partial charge on any atom is -0.462 e. The highest BCUT2D eigenvalue weighted by molar-refractivity contribution is 5.71. The van der Waals surface area contributed by atoms with Gasteiger partial charge in [-0.25, -0.2) is 0 Å². The number of rotatable bonds is 55. The molecule has 0 aromatic carbocycles. The number of ether oxygens (including phenoxy) is 3. The molecule has 0 aromatic rings. The number of hydrogen-bond acceptors (Lipinski definition) is 6. The number of esters is 3. The van der Waals surface area contributed by atoms with Gasteiger partial charge < -0.3 is 14.2 Å². The van der Waals surface area contributed by atoms with E-state index in [1.807, 2.05) is 0 Å². The van der Waals surface area contributed by atoms with Crippen molar-refractivity contribution in [1.29, 1.82) is 0 Å². The van der Waals surface area contributed by atoms with Crippen LogP contribution in [-0.2, 0) is 28.6 Å². The minimum absolute atomic E-state index is 0.0831. The van der Waals surface area contributed by atoms with Crippen molar-refractivity contribution in [3.05, 3.63) is 122 Å². The van der Waals surface area contributed by atoms with Crippen LogP contribution < -0.4 is 0 Å². The molecule has 1 atom stereocenters. The summed E-state index contributed by atoms with van der Waals surface area (Å²) in [6.45, 7) is 6.33. The van der Waals surface area contributed by atoms with Gasteiger partial charge in [-0.15, -0.1) is 0 Å². The standard InChI is InChI=1S/C69H114O6/c1-4-7-10-13-15-17-19-21-23-25-27-29-31-33-34-36-37-39-41-43-45-47-49-51-53-56-59-62-68(71)74-65-66(64-73-67(70)61-58-55-12-9-6-3)75-69(72)63-60-57-54-52-50-48-46-44-42-40-38-35-32-30-28-26-24-22-20-18-16-14-11-8-5-2/h7-8,10-11,15-18,21-24,27-30,33-35,38,66H,4-6,9,12-14,19-20,25-26,31-32,36-37,39-65H2,1-3H3/b10-7-,11-8-,17-15-,18-16-,23-21-,24-22-,29-27-,30-28-,34-33-,38-35-. The Balaban J connectivity index is 4.09. The lowest BCUT2D eigenvalue weighted by atomic mass is 10.0. The van der Waals surface area contributed by atoms with Gasteiger partial charge in [0.2, 0.25) is 0 Å². The summed E-state index contributed by atoms with van der Waals surface area (Å²) in [6.07, 6.45) is 86.7. The Morgan fingerprint density at radius 2 is 0.520 bits per heavy atom. The molecule has 0 amide bonds. The minimum atomic E-state index is -0.782. The fraction of sp³-hybridized carbons (Fsp3) is 0.667. The lowest BCUT2D eigenvalue weighted by Gasteiger charge is -2.18. The van der Waals surface area contributed by atoms with Crippen LogP contribution in [0.5, 0.6) is 0 Å². The molecule has 0 spiro atoms. The fourth-order valence-corrected chi connectivity index (χ4v) is 8.38. The van der Waals surface area contributed by atoms with Gasteiger partial charge in [0, 0.05) is 19.3 Å². The van der Waals surface area contributed by atoms with Crippen molar-refractivity contribution in [3.63, 3.8) is 0 Å². The maximum absolute atomic E-state index is 12.8. The molecular weight excluding hydrogens is 925 g/mol. The SMILES string of the molecule is CC/C=C\C/C=C\C/C=C\C/C=C\C/C=C\CCCCCCCCCCCCCC(=O)OCC(COC(=O)CCCCCCC)OC(=O)CCCCCCCCCCC/C=C\C/C=C\C/C=C\C/C=C\C/C=C\CC. The van der Waals surface area contributed by atoms with Crippen molar-refractivity contribution in [2.24, 2.45) is 0 Å². The predicted molar refractivity (Wildman–Crippen MR) is 325 cm³/mol. The highest BCUT2D eigenvalue weighted by Gasteiger charge is 2.19. The topological polar surface area (TPSA) is 78.9 Å². The summed E-state index contributed by atoms with van der Waals surface area (Å²) in [5, 5.41) is 0. The van der Waals surface area contributed by atoms with E-state index in [9.17, 15) is 14.4 Å². The maximum atomic E-state index is 12.8. The molecule has 6 nitrogen and oxygen atoms in total. The summed E-state index contributed by atoms with van der Waals surface area (Å²) in [5.74, 6) is -0.904. The molecule has 0 saturated carbocycles. The Kier molecular flexibility index (Phi) is 58.9. The van der Waals surface area contributed by atoms with Crippen molar-refractivity contribution in [2.45, 2.75) is 284 Å². The van der Waals surface area contributed by atoms with E-state index in [0.717, 1.165) is 135 Å². The van der Waals surface area contributed by atoms with Gasteiger partial charge in [-0.1, -0.05) is 271 Å². The van der Waals surface area contributed by atoms with Crippen LogP contribution >= 0.6 is 0 Å². The molecule has 75 heavy (non-hydrogen) atoms. The third-order valence-electron chi connectivity index (χ3n) is 13.0. The molecule has 1 unspecified atom stereocenters. The van der Waals surface area contributed by atoms with E-state index in [2.05, 4.69) is 142 Å². The summed E-state index contributed by atoms with van der Waals surface area (Å²) in [7, 11) is 0. The Labute approximate surface area is 462 Å². The molecule has 6 heteroatoms. The lowest BCUT2D eigenvalue weighted by Crippen LogP contribution is -2.30. The summed E-state index contributed by atoms with van der Waals surface area (Å²) in [6, 6.07) is 0. The monoisotopic (exact) mass is 1040 g/mol. The second-order valence-corrected chi connectivity index (χ2v) is 20.2. The molecule has 0 N–H and O–H groups in total. The van der Waals surface area contributed by atoms with Crippen LogP contribution in [0.15, 0.2) is 122 Å². The number of carbonyl (C=O) groups excluding carboxylic acids is 3. The van der Waals surface area contributed by atoms with Crippen LogP contribution in [0.2, 0.25) is 0 Å². The zero-order valence-electron chi connectivity index (χ0n) is 48.8. The summed E-state index contributed by atoms with van der Waals surface area (Å²) >= 11 is 0. The summed E-state index contributed by atoms with van der Waals surface area (Å²) < 4.78 is 16.8. The molecular formula is C69H114O6. The van der Waals surface area contributed by atoms with Crippen molar-refractivity contribution in [1.82, 2.24) is 0 Å². The first kappa shape index (κ1) is 70.8. The van der Waals surface area contributed by atoms with E-state index in [1.165, 1.54) is 103 Å². The molecule has 0 radical (unpaired) electrons. The van der Waals surface area contributed by atoms with E-state index < -0.39 is 6.10 Å². The van der Waals surface area contributed by atoms with Crippen LogP contribution in [0.4, 0.5) is 0 Å². The largest absolute Gasteiger partial charge is 0.462 e. The Bertz CT molecular complexity index is 1570. The van der Waals surface area contributed by atoms with Gasteiger partial charge in [0.05, 0.1) is 0 Å². The van der Waals surface area contributed by atoms with Crippen LogP contribution in [0.25, 0.3) is 0 Å². The average Bonchev–Trinajstić information content (AvgIpc) is 3.41. The first-order chi connectivity index (χ1) is 37.0. The Hall–Kier alpha value is -4.19. The van der Waals surface area contributed by atoms with E-state index in [0.29, 0.717) is 19.3 Å². The van der Waals surface area contributed by atoms with Gasteiger partial charge >= 0.3 is 17.9 Å². The second-order valence-electron chi connectivity index (χ2n) is 20.2. The smallest absolute Gasteiger partial charge is 0.306 e. The lowest BCUT2D eigenvalue weighted by molar-refractivity contribution is -0.167. The second kappa shape index (κ2) is 62.4. The molecule has 0 rings (SSSR count). The van der Waals surface area contributed by atoms with Gasteiger partial charge in [0.25, 0.3) is 0 Å². The molecule has 0 aliphatic heterocycles. The van der Waals surface area contributed by atoms with Crippen molar-refractivity contribution < 1.29 is 28.6 Å². The molecule has 0 aliphatic carbocycles. The zero-order chi connectivity index (χ0) is 54.3.